The highest BCUT2D eigenvalue weighted by molar-refractivity contribution is 5.95. The van der Waals surface area contributed by atoms with E-state index in [2.05, 4.69) is 10.6 Å². The molecule has 0 saturated heterocycles. The van der Waals surface area contributed by atoms with Crippen LogP contribution in [-0.2, 0) is 19.1 Å². The van der Waals surface area contributed by atoms with Crippen LogP contribution in [0.3, 0.4) is 0 Å². The van der Waals surface area contributed by atoms with E-state index in [1.807, 2.05) is 0 Å². The molecule has 0 spiro atoms. The van der Waals surface area contributed by atoms with Gasteiger partial charge in [0.15, 0.2) is 11.5 Å². The first kappa shape index (κ1) is 21.8. The van der Waals surface area contributed by atoms with E-state index in [0.29, 0.717) is 17.1 Å². The summed E-state index contributed by atoms with van der Waals surface area (Å²) in [4.78, 5) is 35.9. The van der Waals surface area contributed by atoms with E-state index in [1.165, 1.54) is 20.3 Å². The fourth-order valence-corrected chi connectivity index (χ4v) is 2.71. The lowest BCUT2D eigenvalue weighted by Gasteiger charge is -2.26. The molecule has 0 aliphatic carbocycles. The highest BCUT2D eigenvalue weighted by atomic mass is 16.5. The molecule has 2 amide bonds. The summed E-state index contributed by atoms with van der Waals surface area (Å²) >= 11 is 0. The highest BCUT2D eigenvalue weighted by Crippen LogP contribution is 2.28. The van der Waals surface area contributed by atoms with Crippen molar-refractivity contribution >= 4 is 24.0 Å². The van der Waals surface area contributed by atoms with Gasteiger partial charge >= 0.3 is 18.0 Å². The van der Waals surface area contributed by atoms with Gasteiger partial charge < -0.3 is 29.6 Å². The first-order valence-electron chi connectivity index (χ1n) is 8.94. The van der Waals surface area contributed by atoms with Gasteiger partial charge in [0.05, 0.1) is 38.1 Å². The Morgan fingerprint density at radius 1 is 1.14 bits per heavy atom. The molecule has 9 nitrogen and oxygen atoms in total. The van der Waals surface area contributed by atoms with Crippen molar-refractivity contribution in [2.24, 2.45) is 0 Å². The summed E-state index contributed by atoms with van der Waals surface area (Å²) in [5.74, 6) is -0.129. The second-order valence-electron chi connectivity index (χ2n) is 5.99. The number of ether oxygens (including phenoxy) is 4. The highest BCUT2D eigenvalue weighted by Gasteiger charge is 2.30. The minimum absolute atomic E-state index is 0.185. The molecular weight excluding hydrogens is 380 g/mol. The van der Waals surface area contributed by atoms with Gasteiger partial charge in [-0.15, -0.1) is 0 Å². The summed E-state index contributed by atoms with van der Waals surface area (Å²) in [6.07, 6.45) is 2.78. The van der Waals surface area contributed by atoms with Crippen molar-refractivity contribution < 1.29 is 33.3 Å². The lowest BCUT2D eigenvalue weighted by Crippen LogP contribution is -2.50. The molecule has 2 rings (SSSR count). The van der Waals surface area contributed by atoms with E-state index in [9.17, 15) is 14.4 Å². The summed E-state index contributed by atoms with van der Waals surface area (Å²) in [5.41, 5.74) is 1.10. The minimum atomic E-state index is -0.643. The van der Waals surface area contributed by atoms with Gasteiger partial charge in [-0.1, -0.05) is 6.07 Å². The number of urea groups is 1. The maximum absolute atomic E-state index is 12.1. The molecule has 1 unspecified atom stereocenters. The molecule has 0 bridgehead atoms. The lowest BCUT2D eigenvalue weighted by molar-refractivity contribution is -0.140. The van der Waals surface area contributed by atoms with Crippen molar-refractivity contribution in [3.63, 3.8) is 0 Å². The number of esters is 2. The van der Waals surface area contributed by atoms with Gasteiger partial charge in [0, 0.05) is 6.08 Å². The maximum atomic E-state index is 12.1. The van der Waals surface area contributed by atoms with Crippen LogP contribution in [0.4, 0.5) is 4.79 Å². The lowest BCUT2D eigenvalue weighted by atomic mass is 10.0. The van der Waals surface area contributed by atoms with Crippen LogP contribution in [0, 0.1) is 0 Å². The van der Waals surface area contributed by atoms with Gasteiger partial charge in [-0.2, -0.15) is 0 Å². The zero-order valence-corrected chi connectivity index (χ0v) is 16.7. The average Bonchev–Trinajstić information content (AvgIpc) is 2.70. The number of rotatable bonds is 8. The van der Waals surface area contributed by atoms with Gasteiger partial charge in [0.2, 0.25) is 0 Å². The quantitative estimate of drug-likeness (QED) is 0.502. The molecule has 1 aromatic rings. The topological polar surface area (TPSA) is 112 Å². The van der Waals surface area contributed by atoms with Crippen LogP contribution in [0.25, 0.3) is 6.08 Å². The fraction of sp³-hybridized carbons (Fsp3) is 0.350. The first-order valence-corrected chi connectivity index (χ1v) is 8.94. The largest absolute Gasteiger partial charge is 0.493 e. The molecule has 1 heterocycles. The van der Waals surface area contributed by atoms with Gasteiger partial charge in [-0.25, -0.2) is 14.4 Å². The van der Waals surface area contributed by atoms with Crippen LogP contribution < -0.4 is 20.1 Å². The molecular formula is C20H24N2O7. The number of nitrogens with one attached hydrogen (secondary N) is 2. The van der Waals surface area contributed by atoms with E-state index in [0.717, 1.165) is 0 Å². The SMILES string of the molecule is CCOC(=O)C1=C(COC(=O)C=Cc2ccc(OC)c(OC)c2)NC(=O)NC1C. The molecule has 0 fully saturated rings. The summed E-state index contributed by atoms with van der Waals surface area (Å²) in [6.45, 7) is 3.23. The Kier molecular flexibility index (Phi) is 7.64. The van der Waals surface area contributed by atoms with E-state index >= 15 is 0 Å². The zero-order chi connectivity index (χ0) is 21.4. The molecule has 2 N–H and O–H groups in total. The summed E-state index contributed by atoms with van der Waals surface area (Å²) in [6, 6.07) is 4.11. The predicted molar refractivity (Wildman–Crippen MR) is 104 cm³/mol. The molecule has 1 atom stereocenters. The molecule has 29 heavy (non-hydrogen) atoms. The monoisotopic (exact) mass is 404 g/mol. The number of hydrogen-bond donors (Lipinski definition) is 2. The number of carbonyl (C=O) groups excluding carboxylic acids is 3. The zero-order valence-electron chi connectivity index (χ0n) is 16.7. The van der Waals surface area contributed by atoms with Crippen LogP contribution in [-0.4, -0.2) is 51.4 Å². The third-order valence-corrected chi connectivity index (χ3v) is 4.04. The second-order valence-corrected chi connectivity index (χ2v) is 5.99. The van der Waals surface area contributed by atoms with Crippen molar-refractivity contribution in [3.05, 3.63) is 41.1 Å². The Hall–Kier alpha value is -3.49. The van der Waals surface area contributed by atoms with Gasteiger partial charge in [-0.05, 0) is 37.6 Å². The summed E-state index contributed by atoms with van der Waals surface area (Å²) in [5, 5.41) is 5.06. The molecule has 1 aromatic carbocycles. The second kappa shape index (κ2) is 10.2. The van der Waals surface area contributed by atoms with Crippen molar-refractivity contribution in [1.82, 2.24) is 10.6 Å². The van der Waals surface area contributed by atoms with E-state index < -0.39 is 24.0 Å². The Morgan fingerprint density at radius 2 is 1.86 bits per heavy atom. The van der Waals surface area contributed by atoms with Crippen molar-refractivity contribution in [1.29, 1.82) is 0 Å². The Morgan fingerprint density at radius 3 is 2.52 bits per heavy atom. The fourth-order valence-electron chi connectivity index (χ4n) is 2.71. The van der Waals surface area contributed by atoms with E-state index in [1.54, 1.807) is 38.1 Å². The van der Waals surface area contributed by atoms with Gasteiger partial charge in [-0.3, -0.25) is 0 Å². The summed E-state index contributed by atoms with van der Waals surface area (Å²) in [7, 11) is 3.05. The van der Waals surface area contributed by atoms with E-state index in [4.69, 9.17) is 18.9 Å². The van der Waals surface area contributed by atoms with Gasteiger partial charge in [0.1, 0.15) is 6.61 Å². The van der Waals surface area contributed by atoms with Gasteiger partial charge in [0.25, 0.3) is 0 Å². The summed E-state index contributed by atoms with van der Waals surface area (Å²) < 4.78 is 20.6. The molecule has 0 radical (unpaired) electrons. The number of hydrogen-bond acceptors (Lipinski definition) is 7. The average molecular weight is 404 g/mol. The first-order chi connectivity index (χ1) is 13.9. The smallest absolute Gasteiger partial charge is 0.338 e. The standard InChI is InChI=1S/C20H24N2O7/c1-5-28-19(24)18-12(2)21-20(25)22-14(18)11-29-17(23)9-7-13-6-8-15(26-3)16(10-13)27-4/h6-10,12H,5,11H2,1-4H3,(H2,21,22,25). The Balaban J connectivity index is 2.08. The third-order valence-electron chi connectivity index (χ3n) is 4.04. The van der Waals surface area contributed by atoms with E-state index in [-0.39, 0.29) is 24.5 Å². The molecule has 0 saturated carbocycles. The van der Waals surface area contributed by atoms with Crippen molar-refractivity contribution in [2.75, 3.05) is 27.4 Å². The molecule has 1 aliphatic rings. The van der Waals surface area contributed by atoms with Crippen LogP contribution in [0.15, 0.2) is 35.5 Å². The van der Waals surface area contributed by atoms with Crippen LogP contribution in [0.5, 0.6) is 11.5 Å². The number of carbonyl (C=O) groups is 3. The maximum Gasteiger partial charge on any atom is 0.338 e. The molecule has 0 aromatic heterocycles. The minimum Gasteiger partial charge on any atom is -0.493 e. The Labute approximate surface area is 168 Å². The third kappa shape index (κ3) is 5.74. The predicted octanol–water partition coefficient (Wildman–Crippen LogP) is 1.78. The molecule has 156 valence electrons. The number of amides is 2. The van der Waals surface area contributed by atoms with Crippen LogP contribution in [0.1, 0.15) is 19.4 Å². The van der Waals surface area contributed by atoms with Crippen molar-refractivity contribution in [3.8, 4) is 11.5 Å². The van der Waals surface area contributed by atoms with Crippen LogP contribution in [0.2, 0.25) is 0 Å². The molecule has 1 aliphatic heterocycles. The number of methoxy groups -OCH3 is 2. The number of benzene rings is 1. The van der Waals surface area contributed by atoms with Crippen LogP contribution >= 0.6 is 0 Å². The van der Waals surface area contributed by atoms with Crippen molar-refractivity contribution in [2.45, 2.75) is 19.9 Å². The Bertz CT molecular complexity index is 845. The normalized spacial score (nSPS) is 16.1. The molecule has 9 heteroatoms.